The molecule has 116 valence electrons. The van der Waals surface area contributed by atoms with E-state index in [1.807, 2.05) is 0 Å². The van der Waals surface area contributed by atoms with Crippen LogP contribution in [0.1, 0.15) is 16.2 Å². The van der Waals surface area contributed by atoms with E-state index in [1.165, 1.54) is 0 Å². The van der Waals surface area contributed by atoms with Crippen molar-refractivity contribution in [2.24, 2.45) is 5.73 Å². The van der Waals surface area contributed by atoms with Gasteiger partial charge in [0.1, 0.15) is 12.4 Å². The smallest absolute Gasteiger partial charge is 0.279 e. The van der Waals surface area contributed by atoms with Gasteiger partial charge in [-0.2, -0.15) is 0 Å². The topological polar surface area (TPSA) is 113 Å². The van der Waals surface area contributed by atoms with Crippen LogP contribution in [0.2, 0.25) is 0 Å². The Labute approximate surface area is 131 Å². The Morgan fingerprint density at radius 1 is 1.13 bits per heavy atom. The van der Waals surface area contributed by atoms with Crippen molar-refractivity contribution in [2.75, 3.05) is 5.84 Å². The molecular formula is C16H14N4O3. The second-order valence-electron chi connectivity index (χ2n) is 4.87. The fourth-order valence-electron chi connectivity index (χ4n) is 2.23. The molecule has 2 aromatic carbocycles. The molecule has 7 nitrogen and oxygen atoms in total. The van der Waals surface area contributed by atoms with E-state index in [-0.39, 0.29) is 23.6 Å². The minimum absolute atomic E-state index is 0.0686. The quantitative estimate of drug-likeness (QED) is 0.692. The summed E-state index contributed by atoms with van der Waals surface area (Å²) in [5.41, 5.74) is 5.71. The molecule has 0 aliphatic rings. The van der Waals surface area contributed by atoms with Crippen LogP contribution in [0.3, 0.4) is 0 Å². The average molecular weight is 310 g/mol. The third-order valence-electron chi connectivity index (χ3n) is 3.39. The minimum Gasteiger partial charge on any atom is -0.485 e. The second kappa shape index (κ2) is 5.80. The van der Waals surface area contributed by atoms with Crippen molar-refractivity contribution >= 4 is 16.8 Å². The number of para-hydroxylation sites is 2. The molecule has 7 heteroatoms. The number of aromatic nitrogens is 2. The normalized spacial score (nSPS) is 10.6. The first-order chi connectivity index (χ1) is 11.1. The third-order valence-corrected chi connectivity index (χ3v) is 3.39. The number of benzene rings is 2. The van der Waals surface area contributed by atoms with Gasteiger partial charge in [-0.3, -0.25) is 9.59 Å². The van der Waals surface area contributed by atoms with Gasteiger partial charge < -0.3 is 16.3 Å². The van der Waals surface area contributed by atoms with Crippen molar-refractivity contribution in [3.63, 3.8) is 0 Å². The molecular weight excluding hydrogens is 296 g/mol. The molecule has 1 amide bonds. The molecule has 1 aromatic heterocycles. The van der Waals surface area contributed by atoms with E-state index in [9.17, 15) is 9.59 Å². The van der Waals surface area contributed by atoms with E-state index in [4.69, 9.17) is 16.3 Å². The summed E-state index contributed by atoms with van der Waals surface area (Å²) < 4.78 is 6.51. The van der Waals surface area contributed by atoms with Crippen LogP contribution in [0.25, 0.3) is 10.9 Å². The fraction of sp³-hybridized carbons (Fsp3) is 0.0625. The number of carbonyl (C=O) groups excluding carboxylic acids is 1. The number of ether oxygens (including phenoxy) is 1. The van der Waals surface area contributed by atoms with Gasteiger partial charge in [0.15, 0.2) is 5.82 Å². The predicted octanol–water partition coefficient (Wildman–Crippen LogP) is 0.788. The lowest BCUT2D eigenvalue weighted by Gasteiger charge is -2.12. The number of fused-ring (bicyclic) bond motifs is 1. The molecule has 0 atom stereocenters. The van der Waals surface area contributed by atoms with Crippen LogP contribution < -0.4 is 21.9 Å². The molecule has 0 saturated carbocycles. The zero-order valence-corrected chi connectivity index (χ0v) is 12.1. The van der Waals surface area contributed by atoms with E-state index in [2.05, 4.69) is 4.98 Å². The fourth-order valence-corrected chi connectivity index (χ4v) is 2.23. The zero-order chi connectivity index (χ0) is 16.4. The number of nitrogens with zero attached hydrogens (tertiary/aromatic N) is 2. The highest BCUT2D eigenvalue weighted by Gasteiger charge is 2.12. The minimum atomic E-state index is -0.600. The molecule has 0 unspecified atom stereocenters. The number of rotatable bonds is 4. The Kier molecular flexibility index (Phi) is 3.68. The van der Waals surface area contributed by atoms with Crippen LogP contribution in [0.15, 0.2) is 53.3 Å². The molecule has 0 aliphatic carbocycles. The highest BCUT2D eigenvalue weighted by molar-refractivity contribution is 5.95. The van der Waals surface area contributed by atoms with E-state index < -0.39 is 5.91 Å². The highest BCUT2D eigenvalue weighted by atomic mass is 16.5. The van der Waals surface area contributed by atoms with Crippen LogP contribution in [0.5, 0.6) is 5.75 Å². The third kappa shape index (κ3) is 2.71. The van der Waals surface area contributed by atoms with Crippen molar-refractivity contribution in [3.05, 3.63) is 70.3 Å². The molecule has 3 aromatic rings. The highest BCUT2D eigenvalue weighted by Crippen LogP contribution is 2.18. The number of amides is 1. The van der Waals surface area contributed by atoms with Crippen LogP contribution in [0, 0.1) is 0 Å². The zero-order valence-electron chi connectivity index (χ0n) is 12.1. The number of hydrogen-bond acceptors (Lipinski definition) is 5. The molecule has 0 saturated heterocycles. The summed E-state index contributed by atoms with van der Waals surface area (Å²) in [7, 11) is 0. The first kappa shape index (κ1) is 14.6. The molecule has 0 radical (unpaired) electrons. The first-order valence-electron chi connectivity index (χ1n) is 6.85. The van der Waals surface area contributed by atoms with Crippen molar-refractivity contribution < 1.29 is 9.53 Å². The van der Waals surface area contributed by atoms with Gasteiger partial charge in [0.25, 0.3) is 11.5 Å². The van der Waals surface area contributed by atoms with Crippen LogP contribution in [-0.4, -0.2) is 15.6 Å². The molecule has 0 spiro atoms. The standard InChI is InChI=1S/C16H14N4O3/c17-15(21)11-6-2-4-8-13(11)23-9-14-19-12-7-3-1-5-10(12)16(22)20(14)18/h1-8H,9,18H2,(H2,17,21). The Morgan fingerprint density at radius 2 is 1.83 bits per heavy atom. The van der Waals surface area contributed by atoms with Crippen molar-refractivity contribution in [2.45, 2.75) is 6.61 Å². The summed E-state index contributed by atoms with van der Waals surface area (Å²) in [6, 6.07) is 13.5. The van der Waals surface area contributed by atoms with Crippen LogP contribution in [0.4, 0.5) is 0 Å². The van der Waals surface area contributed by atoms with E-state index in [1.54, 1.807) is 48.5 Å². The number of carbonyl (C=O) groups is 1. The Hall–Kier alpha value is -3.35. The molecule has 0 aliphatic heterocycles. The summed E-state index contributed by atoms with van der Waals surface area (Å²) in [4.78, 5) is 27.9. The maximum Gasteiger partial charge on any atom is 0.279 e. The average Bonchev–Trinajstić information content (AvgIpc) is 2.57. The van der Waals surface area contributed by atoms with E-state index in [0.717, 1.165) is 4.68 Å². The van der Waals surface area contributed by atoms with Crippen molar-refractivity contribution in [1.29, 1.82) is 0 Å². The summed E-state index contributed by atoms with van der Waals surface area (Å²) in [6.45, 7) is -0.0686. The van der Waals surface area contributed by atoms with Gasteiger partial charge in [0, 0.05) is 0 Å². The lowest BCUT2D eigenvalue weighted by atomic mass is 10.2. The SMILES string of the molecule is NC(=O)c1ccccc1OCc1nc2ccccc2c(=O)n1N. The van der Waals surface area contributed by atoms with Gasteiger partial charge in [0.2, 0.25) is 0 Å². The Morgan fingerprint density at radius 3 is 2.61 bits per heavy atom. The van der Waals surface area contributed by atoms with Crippen molar-refractivity contribution in [3.8, 4) is 5.75 Å². The largest absolute Gasteiger partial charge is 0.485 e. The van der Waals surface area contributed by atoms with Gasteiger partial charge in [-0.15, -0.1) is 0 Å². The maximum absolute atomic E-state index is 12.2. The molecule has 4 N–H and O–H groups in total. The number of nitrogen functional groups attached to an aromatic ring is 1. The Balaban J connectivity index is 1.96. The number of primary amides is 1. The monoisotopic (exact) mass is 310 g/mol. The van der Waals surface area contributed by atoms with Gasteiger partial charge in [0.05, 0.1) is 16.5 Å². The van der Waals surface area contributed by atoms with Gasteiger partial charge in [-0.05, 0) is 24.3 Å². The molecule has 0 bridgehead atoms. The molecule has 23 heavy (non-hydrogen) atoms. The van der Waals surface area contributed by atoms with Gasteiger partial charge >= 0.3 is 0 Å². The first-order valence-corrected chi connectivity index (χ1v) is 6.85. The predicted molar refractivity (Wildman–Crippen MR) is 85.4 cm³/mol. The van der Waals surface area contributed by atoms with Crippen LogP contribution in [-0.2, 0) is 6.61 Å². The van der Waals surface area contributed by atoms with Gasteiger partial charge in [-0.25, -0.2) is 9.66 Å². The maximum atomic E-state index is 12.2. The lowest BCUT2D eigenvalue weighted by Crippen LogP contribution is -2.32. The Bertz CT molecular complexity index is 949. The summed E-state index contributed by atoms with van der Waals surface area (Å²) in [5, 5.41) is 0.427. The number of hydrogen-bond donors (Lipinski definition) is 2. The van der Waals surface area contributed by atoms with Gasteiger partial charge in [-0.1, -0.05) is 24.3 Å². The van der Waals surface area contributed by atoms with E-state index >= 15 is 0 Å². The lowest BCUT2D eigenvalue weighted by molar-refractivity contribution is 0.0995. The van der Waals surface area contributed by atoms with E-state index in [0.29, 0.717) is 16.7 Å². The van der Waals surface area contributed by atoms with Crippen LogP contribution >= 0.6 is 0 Å². The summed E-state index contributed by atoms with van der Waals surface area (Å²) in [5.74, 6) is 5.73. The molecule has 0 fully saturated rings. The molecule has 1 heterocycles. The second-order valence-corrected chi connectivity index (χ2v) is 4.87. The number of nitrogens with two attached hydrogens (primary N) is 2. The summed E-state index contributed by atoms with van der Waals surface area (Å²) >= 11 is 0. The molecule has 3 rings (SSSR count). The van der Waals surface area contributed by atoms with Crippen molar-refractivity contribution in [1.82, 2.24) is 9.66 Å². The summed E-state index contributed by atoms with van der Waals surface area (Å²) in [6.07, 6.45) is 0.